The molecule has 8 heteroatoms. The molecule has 0 aliphatic rings. The molecule has 1 N–H and O–H groups in total. The Morgan fingerprint density at radius 3 is 2.69 bits per heavy atom. The number of carbonyl (C=O) groups excluding carboxylic acids is 1. The first kappa shape index (κ1) is 22.7. The lowest BCUT2D eigenvalue weighted by Gasteiger charge is -2.27. The van der Waals surface area contributed by atoms with Crippen molar-refractivity contribution in [1.82, 2.24) is 15.2 Å². The van der Waals surface area contributed by atoms with Crippen molar-refractivity contribution in [3.05, 3.63) is 41.6 Å². The van der Waals surface area contributed by atoms with Crippen molar-refractivity contribution in [2.75, 3.05) is 34.5 Å². The first-order valence-corrected chi connectivity index (χ1v) is 9.68. The fraction of sp³-hybridized carbons (Fsp3) is 0.524. The highest BCUT2D eigenvalue weighted by Gasteiger charge is 2.20. The number of rotatable bonds is 12. The molecule has 1 aromatic carbocycles. The average Bonchev–Trinajstić information content (AvgIpc) is 3.21. The van der Waals surface area contributed by atoms with Crippen molar-refractivity contribution in [1.29, 1.82) is 0 Å². The molecule has 0 bridgehead atoms. The second-order valence-electron chi connectivity index (χ2n) is 6.72. The van der Waals surface area contributed by atoms with E-state index in [-0.39, 0.29) is 17.6 Å². The molecule has 8 nitrogen and oxygen atoms in total. The molecule has 0 spiro atoms. The van der Waals surface area contributed by atoms with Crippen LogP contribution in [0, 0.1) is 0 Å². The van der Waals surface area contributed by atoms with Crippen molar-refractivity contribution in [2.24, 2.45) is 0 Å². The van der Waals surface area contributed by atoms with E-state index in [1.807, 2.05) is 18.2 Å². The number of aromatic nitrogens is 1. The smallest absolute Gasteiger partial charge is 0.273 e. The van der Waals surface area contributed by atoms with Gasteiger partial charge in [-0.05, 0) is 19.4 Å². The molecule has 0 aliphatic carbocycles. The molecule has 1 aromatic heterocycles. The van der Waals surface area contributed by atoms with Gasteiger partial charge in [-0.3, -0.25) is 9.69 Å². The zero-order valence-corrected chi connectivity index (χ0v) is 17.9. The van der Waals surface area contributed by atoms with Gasteiger partial charge < -0.3 is 23.9 Å². The maximum absolute atomic E-state index is 12.1. The summed E-state index contributed by atoms with van der Waals surface area (Å²) in [5.41, 5.74) is 1.31. The fourth-order valence-electron chi connectivity index (χ4n) is 2.85. The first-order valence-electron chi connectivity index (χ1n) is 9.68. The number of hydrogen-bond donors (Lipinski definition) is 1. The molecule has 0 saturated carbocycles. The molecular formula is C21H31N3O5. The van der Waals surface area contributed by atoms with Gasteiger partial charge in [0.15, 0.2) is 5.69 Å². The maximum atomic E-state index is 12.1. The molecule has 0 saturated heterocycles. The van der Waals surface area contributed by atoms with Crippen molar-refractivity contribution in [3.8, 4) is 11.5 Å². The molecule has 1 atom stereocenters. The summed E-state index contributed by atoms with van der Waals surface area (Å²) in [7, 11) is 4.86. The molecule has 2 aromatic rings. The predicted molar refractivity (Wildman–Crippen MR) is 109 cm³/mol. The molecule has 160 valence electrons. The normalized spacial score (nSPS) is 12.1. The van der Waals surface area contributed by atoms with Crippen LogP contribution in [0.1, 0.15) is 42.2 Å². The summed E-state index contributed by atoms with van der Waals surface area (Å²) >= 11 is 0. The maximum Gasteiger partial charge on any atom is 0.273 e. The van der Waals surface area contributed by atoms with E-state index in [0.29, 0.717) is 32.1 Å². The van der Waals surface area contributed by atoms with E-state index in [9.17, 15) is 4.79 Å². The Bertz CT molecular complexity index is 777. The number of carbonyl (C=O) groups is 1. The van der Waals surface area contributed by atoms with Crippen LogP contribution in [-0.4, -0.2) is 56.3 Å². The van der Waals surface area contributed by atoms with Crippen LogP contribution in [0.2, 0.25) is 0 Å². The number of hydrogen-bond acceptors (Lipinski definition) is 7. The van der Waals surface area contributed by atoms with Crippen molar-refractivity contribution in [3.63, 3.8) is 0 Å². The van der Waals surface area contributed by atoms with E-state index in [1.54, 1.807) is 21.3 Å². The van der Waals surface area contributed by atoms with E-state index in [1.165, 1.54) is 6.26 Å². The summed E-state index contributed by atoms with van der Waals surface area (Å²) in [6.45, 7) is 6.29. The minimum atomic E-state index is -0.274. The molecule has 0 fully saturated rings. The third kappa shape index (κ3) is 6.47. The van der Waals surface area contributed by atoms with E-state index in [2.05, 4.69) is 29.0 Å². The summed E-state index contributed by atoms with van der Waals surface area (Å²) in [6, 6.07) is 6.07. The van der Waals surface area contributed by atoms with Crippen molar-refractivity contribution >= 4 is 5.91 Å². The van der Waals surface area contributed by atoms with E-state index >= 15 is 0 Å². The van der Waals surface area contributed by atoms with E-state index in [0.717, 1.165) is 23.5 Å². The van der Waals surface area contributed by atoms with Gasteiger partial charge in [-0.25, -0.2) is 4.98 Å². The lowest BCUT2D eigenvalue weighted by atomic mass is 10.1. The van der Waals surface area contributed by atoms with Crippen LogP contribution < -0.4 is 14.8 Å². The molecular weight excluding hydrogens is 374 g/mol. The number of amides is 1. The quantitative estimate of drug-likeness (QED) is 0.543. The predicted octanol–water partition coefficient (Wildman–Crippen LogP) is 2.87. The van der Waals surface area contributed by atoms with Crippen LogP contribution in [-0.2, 0) is 17.8 Å². The average molecular weight is 405 g/mol. The van der Waals surface area contributed by atoms with Crippen molar-refractivity contribution in [2.45, 2.75) is 39.4 Å². The number of oxazole rings is 1. The molecule has 0 aliphatic heterocycles. The number of methoxy groups -OCH3 is 3. The molecule has 0 radical (unpaired) electrons. The summed E-state index contributed by atoms with van der Waals surface area (Å²) in [5.74, 6) is 1.74. The molecule has 0 unspecified atom stereocenters. The van der Waals surface area contributed by atoms with Gasteiger partial charge in [0.25, 0.3) is 5.91 Å². The Morgan fingerprint density at radius 1 is 1.24 bits per heavy atom. The zero-order chi connectivity index (χ0) is 21.2. The summed E-state index contributed by atoms with van der Waals surface area (Å²) in [5, 5.41) is 2.74. The zero-order valence-electron chi connectivity index (χ0n) is 17.9. The van der Waals surface area contributed by atoms with Gasteiger partial charge in [0.2, 0.25) is 5.89 Å². The monoisotopic (exact) mass is 405 g/mol. The Hall–Kier alpha value is -2.58. The van der Waals surface area contributed by atoms with Gasteiger partial charge in [0.1, 0.15) is 17.8 Å². The molecule has 1 heterocycles. The van der Waals surface area contributed by atoms with Crippen LogP contribution in [0.3, 0.4) is 0 Å². The van der Waals surface area contributed by atoms with Crippen molar-refractivity contribution < 1.29 is 23.4 Å². The highest BCUT2D eigenvalue weighted by atomic mass is 16.5. The number of nitrogens with zero attached hydrogens (tertiary/aromatic N) is 2. The van der Waals surface area contributed by atoms with Gasteiger partial charge >= 0.3 is 0 Å². The molecule has 2 rings (SSSR count). The topological polar surface area (TPSA) is 86.1 Å². The summed E-state index contributed by atoms with van der Waals surface area (Å²) < 4.78 is 21.3. The SMILES string of the molecule is CC[C@@H](C)N(Cc1nc(C(=O)NCCOC)co1)Cc1ccc(OC)cc1OC. The van der Waals surface area contributed by atoms with Gasteiger partial charge in [0, 0.05) is 37.9 Å². The standard InChI is InChI=1S/C21H31N3O5/c1-6-15(2)24(12-16-7-8-17(27-4)11-19(16)28-5)13-20-23-18(14-29-20)21(25)22-9-10-26-3/h7-8,11,14-15H,6,9-10,12-13H2,1-5H3,(H,22,25)/t15-/m1/s1. The Balaban J connectivity index is 2.11. The molecule has 29 heavy (non-hydrogen) atoms. The summed E-state index contributed by atoms with van der Waals surface area (Å²) in [6.07, 6.45) is 2.35. The second kappa shape index (κ2) is 11.4. The van der Waals surface area contributed by atoms with Crippen LogP contribution in [0.4, 0.5) is 0 Å². The lowest BCUT2D eigenvalue weighted by molar-refractivity contribution is 0.0932. The van der Waals surface area contributed by atoms with Gasteiger partial charge in [-0.1, -0.05) is 13.0 Å². The van der Waals surface area contributed by atoms with Crippen LogP contribution in [0.25, 0.3) is 0 Å². The van der Waals surface area contributed by atoms with E-state index < -0.39 is 0 Å². The van der Waals surface area contributed by atoms with Gasteiger partial charge in [-0.15, -0.1) is 0 Å². The highest BCUT2D eigenvalue weighted by molar-refractivity contribution is 5.91. The second-order valence-corrected chi connectivity index (χ2v) is 6.72. The number of benzene rings is 1. The third-order valence-electron chi connectivity index (χ3n) is 4.80. The number of ether oxygens (including phenoxy) is 3. The highest BCUT2D eigenvalue weighted by Crippen LogP contribution is 2.27. The van der Waals surface area contributed by atoms with Gasteiger partial charge in [-0.2, -0.15) is 0 Å². The minimum absolute atomic E-state index is 0.266. The Labute approximate surface area is 172 Å². The van der Waals surface area contributed by atoms with Gasteiger partial charge in [0.05, 0.1) is 27.4 Å². The van der Waals surface area contributed by atoms with E-state index in [4.69, 9.17) is 18.6 Å². The summed E-state index contributed by atoms with van der Waals surface area (Å²) in [4.78, 5) is 18.7. The molecule has 1 amide bonds. The lowest BCUT2D eigenvalue weighted by Crippen LogP contribution is -2.32. The third-order valence-corrected chi connectivity index (χ3v) is 4.80. The van der Waals surface area contributed by atoms with Crippen LogP contribution in [0.15, 0.2) is 28.9 Å². The minimum Gasteiger partial charge on any atom is -0.497 e. The first-order chi connectivity index (χ1) is 14.0. The Morgan fingerprint density at radius 2 is 2.03 bits per heavy atom. The number of nitrogens with one attached hydrogen (secondary N) is 1. The fourth-order valence-corrected chi connectivity index (χ4v) is 2.85. The van der Waals surface area contributed by atoms with Crippen LogP contribution >= 0.6 is 0 Å². The largest absolute Gasteiger partial charge is 0.497 e. The van der Waals surface area contributed by atoms with Crippen LogP contribution in [0.5, 0.6) is 11.5 Å². The Kier molecular flexibility index (Phi) is 8.95.